The van der Waals surface area contributed by atoms with Gasteiger partial charge in [-0.1, -0.05) is 44.2 Å². The number of nitrogens with zero attached hydrogens (tertiary/aromatic N) is 1. The molecule has 0 bridgehead atoms. The molecule has 0 unspecified atom stereocenters. The Hall–Kier alpha value is -2.53. The number of rotatable bonds is 10. The summed E-state index contributed by atoms with van der Waals surface area (Å²) in [6.45, 7) is 7.73. The molecule has 0 aliphatic heterocycles. The fraction of sp³-hybridized carbons (Fsp3) is 0.381. The number of nitrogens with one attached hydrogen (secondary N) is 1. The molecule has 2 rings (SSSR count). The Morgan fingerprint density at radius 2 is 1.77 bits per heavy atom. The summed E-state index contributed by atoms with van der Waals surface area (Å²) in [5.41, 5.74) is 8.35. The van der Waals surface area contributed by atoms with Crippen LogP contribution >= 0.6 is 0 Å². The number of nitrogens with two attached hydrogens (primary N) is 1. The number of carbonyl (C=O) groups excluding carboxylic acids is 1. The summed E-state index contributed by atoms with van der Waals surface area (Å²) in [4.78, 5) is 14.6. The molecule has 0 radical (unpaired) electrons. The SMILES string of the molecule is CCN(CC)CCOc1ccccc1NC(=O)CCc1ccccc1N. The molecular weight excluding hydrogens is 326 g/mol. The van der Waals surface area contributed by atoms with E-state index in [1.165, 1.54) is 0 Å². The molecule has 5 heteroatoms. The summed E-state index contributed by atoms with van der Waals surface area (Å²) in [5, 5.41) is 2.95. The lowest BCUT2D eigenvalue weighted by molar-refractivity contribution is -0.116. The van der Waals surface area contributed by atoms with Gasteiger partial charge in [0.05, 0.1) is 5.69 Å². The Balaban J connectivity index is 1.88. The first kappa shape index (κ1) is 19.8. The summed E-state index contributed by atoms with van der Waals surface area (Å²) in [7, 11) is 0. The maximum atomic E-state index is 12.3. The molecule has 0 aromatic heterocycles. The second kappa shape index (κ2) is 10.5. The fourth-order valence-corrected chi connectivity index (χ4v) is 2.74. The average molecular weight is 355 g/mol. The first-order chi connectivity index (χ1) is 12.6. The van der Waals surface area contributed by atoms with E-state index in [4.69, 9.17) is 10.5 Å². The fourth-order valence-electron chi connectivity index (χ4n) is 2.74. The number of hydrogen-bond donors (Lipinski definition) is 2. The third-order valence-electron chi connectivity index (χ3n) is 4.40. The first-order valence-corrected chi connectivity index (χ1v) is 9.21. The van der Waals surface area contributed by atoms with Crippen molar-refractivity contribution in [3.63, 3.8) is 0 Å². The number of amides is 1. The predicted octanol–water partition coefficient (Wildman–Crippen LogP) is 3.56. The summed E-state index contributed by atoms with van der Waals surface area (Å²) in [6, 6.07) is 15.2. The van der Waals surface area contributed by atoms with E-state index < -0.39 is 0 Å². The highest BCUT2D eigenvalue weighted by atomic mass is 16.5. The lowest BCUT2D eigenvalue weighted by atomic mass is 10.1. The number of benzene rings is 2. The van der Waals surface area contributed by atoms with E-state index in [0.29, 0.717) is 30.9 Å². The minimum Gasteiger partial charge on any atom is -0.490 e. The molecule has 26 heavy (non-hydrogen) atoms. The highest BCUT2D eigenvalue weighted by Crippen LogP contribution is 2.24. The molecule has 0 saturated heterocycles. The van der Waals surface area contributed by atoms with Crippen molar-refractivity contribution in [1.82, 2.24) is 4.90 Å². The molecule has 3 N–H and O–H groups in total. The molecule has 0 saturated carbocycles. The van der Waals surface area contributed by atoms with E-state index in [1.807, 2.05) is 48.5 Å². The maximum Gasteiger partial charge on any atom is 0.224 e. The van der Waals surface area contributed by atoms with Gasteiger partial charge in [-0.15, -0.1) is 0 Å². The van der Waals surface area contributed by atoms with Crippen molar-refractivity contribution < 1.29 is 9.53 Å². The molecule has 1 amide bonds. The Kier molecular flexibility index (Phi) is 7.96. The monoisotopic (exact) mass is 355 g/mol. The number of ether oxygens (including phenoxy) is 1. The van der Waals surface area contributed by atoms with Crippen LogP contribution in [-0.4, -0.2) is 37.0 Å². The van der Waals surface area contributed by atoms with Gasteiger partial charge in [-0.3, -0.25) is 4.79 Å². The lowest BCUT2D eigenvalue weighted by Gasteiger charge is -2.19. The molecule has 0 fully saturated rings. The predicted molar refractivity (Wildman–Crippen MR) is 108 cm³/mol. The largest absolute Gasteiger partial charge is 0.490 e. The number of anilines is 2. The van der Waals surface area contributed by atoms with Crippen molar-refractivity contribution in [2.75, 3.05) is 37.3 Å². The molecule has 2 aromatic rings. The van der Waals surface area contributed by atoms with Crippen LogP contribution in [-0.2, 0) is 11.2 Å². The van der Waals surface area contributed by atoms with Gasteiger partial charge in [0.15, 0.2) is 0 Å². The average Bonchev–Trinajstić information content (AvgIpc) is 2.66. The Morgan fingerprint density at radius 1 is 1.08 bits per heavy atom. The number of para-hydroxylation sites is 3. The standard InChI is InChI=1S/C21H29N3O2/c1-3-24(4-2)15-16-26-20-12-8-7-11-19(20)23-21(25)14-13-17-9-5-6-10-18(17)22/h5-12H,3-4,13-16,22H2,1-2H3,(H,23,25). The van der Waals surface area contributed by atoms with Gasteiger partial charge in [0.1, 0.15) is 12.4 Å². The van der Waals surface area contributed by atoms with E-state index >= 15 is 0 Å². The van der Waals surface area contributed by atoms with Gasteiger partial charge in [-0.2, -0.15) is 0 Å². The molecule has 2 aromatic carbocycles. The summed E-state index contributed by atoms with van der Waals surface area (Å²) >= 11 is 0. The molecule has 0 aliphatic rings. The van der Waals surface area contributed by atoms with Crippen molar-refractivity contribution in [2.45, 2.75) is 26.7 Å². The molecule has 140 valence electrons. The van der Waals surface area contributed by atoms with Crippen LogP contribution in [0.1, 0.15) is 25.8 Å². The zero-order valence-electron chi connectivity index (χ0n) is 15.7. The van der Waals surface area contributed by atoms with E-state index in [9.17, 15) is 4.79 Å². The van der Waals surface area contributed by atoms with E-state index in [2.05, 4.69) is 24.1 Å². The summed E-state index contributed by atoms with van der Waals surface area (Å²) < 4.78 is 5.88. The number of nitrogen functional groups attached to an aromatic ring is 1. The minimum absolute atomic E-state index is 0.0481. The van der Waals surface area contributed by atoms with Crippen LogP contribution < -0.4 is 15.8 Å². The number of likely N-dealkylation sites (N-methyl/N-ethyl adjacent to an activating group) is 1. The van der Waals surface area contributed by atoms with Crippen molar-refractivity contribution in [1.29, 1.82) is 0 Å². The summed E-state index contributed by atoms with van der Waals surface area (Å²) in [5.74, 6) is 0.653. The molecule has 0 atom stereocenters. The van der Waals surface area contributed by atoms with Crippen molar-refractivity contribution in [3.8, 4) is 5.75 Å². The topological polar surface area (TPSA) is 67.6 Å². The van der Waals surface area contributed by atoms with Gasteiger partial charge in [0, 0.05) is 18.7 Å². The van der Waals surface area contributed by atoms with Crippen LogP contribution in [0.15, 0.2) is 48.5 Å². The summed E-state index contributed by atoms with van der Waals surface area (Å²) in [6.07, 6.45) is 0.992. The molecule has 0 spiro atoms. The third kappa shape index (κ3) is 6.08. The van der Waals surface area contributed by atoms with Crippen molar-refractivity contribution in [3.05, 3.63) is 54.1 Å². The zero-order valence-corrected chi connectivity index (χ0v) is 15.7. The van der Waals surface area contributed by atoms with Crippen molar-refractivity contribution in [2.24, 2.45) is 0 Å². The van der Waals surface area contributed by atoms with Crippen LogP contribution in [0.2, 0.25) is 0 Å². The second-order valence-corrected chi connectivity index (χ2v) is 6.12. The number of aryl methyl sites for hydroxylation is 1. The molecule has 0 heterocycles. The maximum absolute atomic E-state index is 12.3. The third-order valence-corrected chi connectivity index (χ3v) is 4.40. The highest BCUT2D eigenvalue weighted by molar-refractivity contribution is 5.92. The van der Waals surface area contributed by atoms with Gasteiger partial charge >= 0.3 is 0 Å². The minimum atomic E-state index is -0.0481. The Morgan fingerprint density at radius 3 is 2.50 bits per heavy atom. The van der Waals surface area contributed by atoms with Gasteiger partial charge < -0.3 is 20.7 Å². The first-order valence-electron chi connectivity index (χ1n) is 9.21. The van der Waals surface area contributed by atoms with Crippen LogP contribution in [0.4, 0.5) is 11.4 Å². The Bertz CT molecular complexity index is 699. The smallest absolute Gasteiger partial charge is 0.224 e. The van der Waals surface area contributed by atoms with Crippen LogP contribution in [0.3, 0.4) is 0 Å². The molecule has 0 aliphatic carbocycles. The zero-order chi connectivity index (χ0) is 18.8. The Labute approximate surface area is 156 Å². The molecular formula is C21H29N3O2. The van der Waals surface area contributed by atoms with Crippen LogP contribution in [0.25, 0.3) is 0 Å². The highest BCUT2D eigenvalue weighted by Gasteiger charge is 2.09. The van der Waals surface area contributed by atoms with Gasteiger partial charge in [-0.25, -0.2) is 0 Å². The van der Waals surface area contributed by atoms with Gasteiger partial charge in [0.2, 0.25) is 5.91 Å². The molecule has 5 nitrogen and oxygen atoms in total. The lowest BCUT2D eigenvalue weighted by Crippen LogP contribution is -2.28. The van der Waals surface area contributed by atoms with Crippen molar-refractivity contribution >= 4 is 17.3 Å². The van der Waals surface area contributed by atoms with Crippen LogP contribution in [0, 0.1) is 0 Å². The second-order valence-electron chi connectivity index (χ2n) is 6.12. The van der Waals surface area contributed by atoms with E-state index in [1.54, 1.807) is 0 Å². The van der Waals surface area contributed by atoms with Crippen LogP contribution in [0.5, 0.6) is 5.75 Å². The van der Waals surface area contributed by atoms with Gasteiger partial charge in [0.25, 0.3) is 0 Å². The quantitative estimate of drug-likeness (QED) is 0.640. The normalized spacial score (nSPS) is 10.7. The van der Waals surface area contributed by atoms with E-state index in [0.717, 1.165) is 30.9 Å². The van der Waals surface area contributed by atoms with Gasteiger partial charge in [-0.05, 0) is 43.3 Å². The number of hydrogen-bond acceptors (Lipinski definition) is 4. The number of carbonyl (C=O) groups is 1. The van der Waals surface area contributed by atoms with E-state index in [-0.39, 0.29) is 5.91 Å².